The molecule has 0 fully saturated rings. The molecule has 118 valence electrons. The molecule has 0 amide bonds. The predicted octanol–water partition coefficient (Wildman–Crippen LogP) is 0.785. The van der Waals surface area contributed by atoms with Gasteiger partial charge < -0.3 is 4.74 Å². The first-order valence-corrected chi connectivity index (χ1v) is 9.56. The maximum atomic E-state index is 11.8. The Balaban J connectivity index is 2.74. The van der Waals surface area contributed by atoms with Crippen molar-refractivity contribution in [1.82, 2.24) is 0 Å². The third-order valence-corrected chi connectivity index (χ3v) is 5.04. The molecule has 21 heavy (non-hydrogen) atoms. The first-order chi connectivity index (χ1) is 9.64. The molecule has 0 saturated carbocycles. The summed E-state index contributed by atoms with van der Waals surface area (Å²) in [5.41, 5.74) is 0.163. The standard InChI is InChI=1S/C12H17NO6S2/c1-19-12(14)7-4-8-21(17,18)13-10-5-3-6-11(9-10)20(2,15)16/h3,5-6,9,13H,4,7-8H2,1-2H3. The van der Waals surface area contributed by atoms with E-state index < -0.39 is 25.8 Å². The molecule has 0 atom stereocenters. The van der Waals surface area contributed by atoms with Crippen LogP contribution in [-0.2, 0) is 29.4 Å². The van der Waals surface area contributed by atoms with Gasteiger partial charge in [0.15, 0.2) is 9.84 Å². The van der Waals surface area contributed by atoms with Crippen LogP contribution < -0.4 is 4.72 Å². The van der Waals surface area contributed by atoms with Crippen LogP contribution in [0, 0.1) is 0 Å². The molecule has 0 aromatic heterocycles. The number of carbonyl (C=O) groups excluding carboxylic acids is 1. The van der Waals surface area contributed by atoms with E-state index in [1.165, 1.54) is 31.4 Å². The number of hydrogen-bond acceptors (Lipinski definition) is 6. The van der Waals surface area contributed by atoms with Crippen LogP contribution in [0.15, 0.2) is 29.2 Å². The average molecular weight is 335 g/mol. The third-order valence-electron chi connectivity index (χ3n) is 2.56. The van der Waals surface area contributed by atoms with E-state index in [0.717, 1.165) is 6.26 Å². The first kappa shape index (κ1) is 17.4. The van der Waals surface area contributed by atoms with Gasteiger partial charge in [0.1, 0.15) is 0 Å². The van der Waals surface area contributed by atoms with Crippen LogP contribution in [0.3, 0.4) is 0 Å². The minimum atomic E-state index is -3.65. The molecule has 1 N–H and O–H groups in total. The van der Waals surface area contributed by atoms with Crippen LogP contribution in [0.1, 0.15) is 12.8 Å². The van der Waals surface area contributed by atoms with Gasteiger partial charge in [-0.15, -0.1) is 0 Å². The van der Waals surface area contributed by atoms with Crippen molar-refractivity contribution in [2.24, 2.45) is 0 Å². The number of esters is 1. The van der Waals surface area contributed by atoms with E-state index in [4.69, 9.17) is 0 Å². The van der Waals surface area contributed by atoms with Crippen molar-refractivity contribution < 1.29 is 26.4 Å². The summed E-state index contributed by atoms with van der Waals surface area (Å²) < 4.78 is 53.1. The fraction of sp³-hybridized carbons (Fsp3) is 0.417. The second-order valence-corrected chi connectivity index (χ2v) is 8.26. The largest absolute Gasteiger partial charge is 0.469 e. The summed E-state index contributed by atoms with van der Waals surface area (Å²) in [6.45, 7) is 0. The Morgan fingerprint density at radius 1 is 1.24 bits per heavy atom. The molecule has 7 nitrogen and oxygen atoms in total. The van der Waals surface area contributed by atoms with Crippen molar-refractivity contribution >= 4 is 31.5 Å². The van der Waals surface area contributed by atoms with Crippen molar-refractivity contribution in [2.45, 2.75) is 17.7 Å². The third kappa shape index (κ3) is 6.13. The summed E-state index contributed by atoms with van der Waals surface area (Å²) >= 11 is 0. The summed E-state index contributed by atoms with van der Waals surface area (Å²) in [6.07, 6.45) is 1.16. The Hall–Kier alpha value is -1.61. The monoisotopic (exact) mass is 335 g/mol. The van der Waals surface area contributed by atoms with E-state index in [1.807, 2.05) is 0 Å². The quantitative estimate of drug-likeness (QED) is 0.738. The minimum Gasteiger partial charge on any atom is -0.469 e. The van der Waals surface area contributed by atoms with Crippen molar-refractivity contribution in [2.75, 3.05) is 23.8 Å². The lowest BCUT2D eigenvalue weighted by Crippen LogP contribution is -2.18. The fourth-order valence-electron chi connectivity index (χ4n) is 1.53. The summed E-state index contributed by atoms with van der Waals surface area (Å²) in [5.74, 6) is -0.741. The molecule has 0 bridgehead atoms. The number of anilines is 1. The lowest BCUT2D eigenvalue weighted by Gasteiger charge is -2.08. The molecule has 1 aromatic carbocycles. The number of sulfonamides is 1. The Labute approximate surface area is 124 Å². The number of ether oxygens (including phenoxy) is 1. The van der Waals surface area contributed by atoms with Crippen LogP contribution in [0.5, 0.6) is 0 Å². The molecular formula is C12H17NO6S2. The molecule has 1 aromatic rings. The van der Waals surface area contributed by atoms with E-state index in [0.29, 0.717) is 0 Å². The Kier molecular flexibility index (Phi) is 5.73. The predicted molar refractivity (Wildman–Crippen MR) is 78.2 cm³/mol. The zero-order chi connectivity index (χ0) is 16.1. The number of rotatable bonds is 7. The zero-order valence-electron chi connectivity index (χ0n) is 11.7. The van der Waals surface area contributed by atoms with Gasteiger partial charge in [0.25, 0.3) is 0 Å². The molecule has 0 heterocycles. The maximum Gasteiger partial charge on any atom is 0.305 e. The Morgan fingerprint density at radius 3 is 2.48 bits per heavy atom. The highest BCUT2D eigenvalue weighted by atomic mass is 32.2. The van der Waals surface area contributed by atoms with E-state index in [-0.39, 0.29) is 29.2 Å². The van der Waals surface area contributed by atoms with Crippen LogP contribution in [0.4, 0.5) is 5.69 Å². The number of benzene rings is 1. The van der Waals surface area contributed by atoms with Gasteiger partial charge in [-0.05, 0) is 24.6 Å². The SMILES string of the molecule is COC(=O)CCCS(=O)(=O)Nc1cccc(S(C)(=O)=O)c1. The molecule has 1 rings (SSSR count). The highest BCUT2D eigenvalue weighted by Crippen LogP contribution is 2.16. The maximum absolute atomic E-state index is 11.8. The zero-order valence-corrected chi connectivity index (χ0v) is 13.3. The highest BCUT2D eigenvalue weighted by molar-refractivity contribution is 7.92. The Bertz CT molecular complexity index is 709. The second-order valence-electron chi connectivity index (χ2n) is 4.40. The molecule has 0 unspecified atom stereocenters. The lowest BCUT2D eigenvalue weighted by atomic mass is 10.3. The summed E-state index contributed by atoms with van der Waals surface area (Å²) in [5, 5.41) is 0. The molecule has 0 spiro atoms. The number of nitrogens with one attached hydrogen (secondary N) is 1. The number of hydrogen-bond donors (Lipinski definition) is 1. The van der Waals surface area contributed by atoms with Crippen LogP contribution in [0.25, 0.3) is 0 Å². The summed E-state index contributed by atoms with van der Waals surface area (Å²) in [6, 6.07) is 5.52. The normalized spacial score (nSPS) is 11.9. The van der Waals surface area contributed by atoms with E-state index in [2.05, 4.69) is 9.46 Å². The fourth-order valence-corrected chi connectivity index (χ4v) is 3.31. The van der Waals surface area contributed by atoms with Crippen molar-refractivity contribution in [3.8, 4) is 0 Å². The topological polar surface area (TPSA) is 107 Å². The number of methoxy groups -OCH3 is 1. The molecule has 0 aliphatic carbocycles. The van der Waals surface area contributed by atoms with Gasteiger partial charge in [-0.1, -0.05) is 6.07 Å². The minimum absolute atomic E-state index is 0.000783. The van der Waals surface area contributed by atoms with E-state index >= 15 is 0 Å². The van der Waals surface area contributed by atoms with Crippen molar-refractivity contribution in [3.63, 3.8) is 0 Å². The summed E-state index contributed by atoms with van der Waals surface area (Å²) in [7, 11) is -5.83. The molecule has 0 radical (unpaired) electrons. The summed E-state index contributed by atoms with van der Waals surface area (Å²) in [4.78, 5) is 10.9. The smallest absolute Gasteiger partial charge is 0.305 e. The Morgan fingerprint density at radius 2 is 1.90 bits per heavy atom. The number of sulfone groups is 1. The number of carbonyl (C=O) groups is 1. The second kappa shape index (κ2) is 6.90. The molecule has 0 aliphatic rings. The van der Waals surface area contributed by atoms with Gasteiger partial charge in [-0.2, -0.15) is 0 Å². The molecule has 9 heteroatoms. The molecular weight excluding hydrogens is 318 g/mol. The van der Waals surface area contributed by atoms with Crippen LogP contribution in [-0.4, -0.2) is 41.9 Å². The molecule has 0 aliphatic heterocycles. The van der Waals surface area contributed by atoms with Crippen molar-refractivity contribution in [1.29, 1.82) is 0 Å². The van der Waals surface area contributed by atoms with Gasteiger partial charge in [-0.3, -0.25) is 9.52 Å². The average Bonchev–Trinajstić information content (AvgIpc) is 2.37. The lowest BCUT2D eigenvalue weighted by molar-refractivity contribution is -0.140. The van der Waals surface area contributed by atoms with E-state index in [9.17, 15) is 21.6 Å². The van der Waals surface area contributed by atoms with Crippen LogP contribution in [0.2, 0.25) is 0 Å². The van der Waals surface area contributed by atoms with Gasteiger partial charge >= 0.3 is 5.97 Å². The van der Waals surface area contributed by atoms with Crippen molar-refractivity contribution in [3.05, 3.63) is 24.3 Å². The molecule has 0 saturated heterocycles. The van der Waals surface area contributed by atoms with Gasteiger partial charge in [0, 0.05) is 18.4 Å². The first-order valence-electron chi connectivity index (χ1n) is 6.01. The van der Waals surface area contributed by atoms with Crippen LogP contribution >= 0.6 is 0 Å². The van der Waals surface area contributed by atoms with Gasteiger partial charge in [0.2, 0.25) is 10.0 Å². The van der Waals surface area contributed by atoms with E-state index in [1.54, 1.807) is 0 Å². The highest BCUT2D eigenvalue weighted by Gasteiger charge is 2.14. The van der Waals surface area contributed by atoms with Gasteiger partial charge in [0.05, 0.1) is 17.8 Å². The van der Waals surface area contributed by atoms with Gasteiger partial charge in [-0.25, -0.2) is 16.8 Å².